The van der Waals surface area contributed by atoms with Crippen LogP contribution in [0.5, 0.6) is 0 Å². The number of nitrogens with one attached hydrogen (secondary N) is 1. The van der Waals surface area contributed by atoms with Crippen LogP contribution in [0.15, 0.2) is 23.3 Å². The largest absolute Gasteiger partial charge is 0.390 e. The molecule has 0 aliphatic rings. The van der Waals surface area contributed by atoms with Gasteiger partial charge in [-0.2, -0.15) is 0 Å². The number of benzene rings is 1. The average Bonchev–Trinajstić information content (AvgIpc) is 2.69. The Bertz CT molecular complexity index is 775. The van der Waals surface area contributed by atoms with Crippen LogP contribution in [-0.2, 0) is 12.8 Å². The summed E-state index contributed by atoms with van der Waals surface area (Å²) >= 11 is 0. The van der Waals surface area contributed by atoms with E-state index in [9.17, 15) is 8.78 Å². The van der Waals surface area contributed by atoms with E-state index in [1.807, 2.05) is 27.7 Å². The number of rotatable bonds is 5. The van der Waals surface area contributed by atoms with E-state index in [1.165, 1.54) is 12.3 Å². The lowest BCUT2D eigenvalue weighted by atomic mass is 10.0. The van der Waals surface area contributed by atoms with Crippen molar-refractivity contribution in [3.8, 4) is 0 Å². The lowest BCUT2D eigenvalue weighted by Crippen LogP contribution is -2.15. The Morgan fingerprint density at radius 1 is 1.15 bits per heavy atom. The van der Waals surface area contributed by atoms with Crippen molar-refractivity contribution in [2.24, 2.45) is 16.5 Å². The number of aliphatic imine (C=N–C) groups is 1. The molecule has 27 heavy (non-hydrogen) atoms. The molecule has 0 fully saturated rings. The third-order valence-corrected chi connectivity index (χ3v) is 3.25. The monoisotopic (exact) mass is 378 g/mol. The van der Waals surface area contributed by atoms with Crippen molar-refractivity contribution in [3.05, 3.63) is 52.5 Å². The van der Waals surface area contributed by atoms with E-state index in [0.717, 1.165) is 12.4 Å². The molecule has 0 aliphatic carbocycles. The summed E-state index contributed by atoms with van der Waals surface area (Å²) in [5.74, 6) is -1.14. The first-order valence-corrected chi connectivity index (χ1v) is 8.87. The molecule has 0 amide bonds. The fourth-order valence-electron chi connectivity index (χ4n) is 2.06. The zero-order chi connectivity index (χ0) is 21.0. The number of aromatic nitrogens is 2. The third kappa shape index (κ3) is 6.73. The highest BCUT2D eigenvalue weighted by atomic mass is 19.1. The lowest BCUT2D eigenvalue weighted by Gasteiger charge is -2.09. The average molecular weight is 378 g/mol. The molecule has 8 heteroatoms. The molecule has 1 aromatic carbocycles. The third-order valence-electron chi connectivity index (χ3n) is 3.25. The van der Waals surface area contributed by atoms with Gasteiger partial charge in [0.05, 0.1) is 18.2 Å². The van der Waals surface area contributed by atoms with Gasteiger partial charge in [0.2, 0.25) is 0 Å². The van der Waals surface area contributed by atoms with Crippen LogP contribution in [0.25, 0.3) is 0 Å². The van der Waals surface area contributed by atoms with Gasteiger partial charge in [0.15, 0.2) is 5.82 Å². The van der Waals surface area contributed by atoms with Crippen LogP contribution in [-0.4, -0.2) is 22.1 Å². The second-order valence-corrected chi connectivity index (χ2v) is 4.78. The molecule has 0 atom stereocenters. The number of hydrogen-bond donors (Lipinski definition) is 3. The van der Waals surface area contributed by atoms with E-state index < -0.39 is 11.6 Å². The summed E-state index contributed by atoms with van der Waals surface area (Å²) in [7, 11) is 0. The first kappa shape index (κ1) is 24.1. The Morgan fingerprint density at radius 2 is 1.70 bits per heavy atom. The minimum absolute atomic E-state index is 0.0481. The number of aryl methyl sites for hydroxylation is 1. The molecule has 148 valence electrons. The maximum absolute atomic E-state index is 14.1. The summed E-state index contributed by atoms with van der Waals surface area (Å²) in [6.45, 7) is 9.74. The Balaban J connectivity index is 0.00000158. The highest BCUT2D eigenvalue weighted by Crippen LogP contribution is 2.22. The molecule has 0 unspecified atom stereocenters. The quantitative estimate of drug-likeness (QED) is 0.541. The molecule has 0 aliphatic heterocycles. The summed E-state index contributed by atoms with van der Waals surface area (Å²) in [4.78, 5) is 12.0. The number of nitrogens with zero attached hydrogens (tertiary/aromatic N) is 3. The predicted molar refractivity (Wildman–Crippen MR) is 107 cm³/mol. The molecule has 1 heterocycles. The molecule has 0 spiro atoms. The van der Waals surface area contributed by atoms with Gasteiger partial charge < -0.3 is 11.5 Å². The molecular weight excluding hydrogens is 350 g/mol. The fourth-order valence-corrected chi connectivity index (χ4v) is 2.06. The number of nitrogens with two attached hydrogens (primary N) is 2. The first-order chi connectivity index (χ1) is 13.0. The highest BCUT2D eigenvalue weighted by Gasteiger charge is 2.14. The van der Waals surface area contributed by atoms with Crippen LogP contribution in [0.2, 0.25) is 0 Å². The van der Waals surface area contributed by atoms with Crippen molar-refractivity contribution in [2.45, 2.75) is 47.5 Å². The highest BCUT2D eigenvalue weighted by molar-refractivity contribution is 5.92. The van der Waals surface area contributed by atoms with E-state index >= 15 is 0 Å². The summed E-state index contributed by atoms with van der Waals surface area (Å²) in [5, 5.41) is 7.39. The molecule has 0 radical (unpaired) electrons. The van der Waals surface area contributed by atoms with Crippen LogP contribution >= 0.6 is 0 Å². The van der Waals surface area contributed by atoms with Gasteiger partial charge in [-0.1, -0.05) is 34.6 Å². The molecule has 5 N–H and O–H groups in total. The van der Waals surface area contributed by atoms with Crippen molar-refractivity contribution in [3.63, 3.8) is 0 Å². The Morgan fingerprint density at radius 3 is 2.22 bits per heavy atom. The summed E-state index contributed by atoms with van der Waals surface area (Å²) in [5.41, 5.74) is 11.4. The van der Waals surface area contributed by atoms with Gasteiger partial charge in [0.1, 0.15) is 23.2 Å². The maximum Gasteiger partial charge on any atom is 0.175 e. The van der Waals surface area contributed by atoms with Gasteiger partial charge in [-0.3, -0.25) is 5.41 Å². The second-order valence-electron chi connectivity index (χ2n) is 4.78. The standard InChI is InChI=1S/C15H16F2N6.2C2H6/c1-2-8-3-11(17)9(4-10(8)16)5-12-15(22-7-18)21-6-13(23-12)14(19)20;2*1-2/h3-4,6-7H,2,5H2,1H3,(H3,19,20)(H2,18,21,22);2*1-2H3. The topological polar surface area (TPSA) is 114 Å². The number of nitrogen functional groups attached to an aromatic ring is 1. The van der Waals surface area contributed by atoms with Gasteiger partial charge >= 0.3 is 0 Å². The molecular formula is C19H28F2N6. The number of amidine groups is 1. The maximum atomic E-state index is 14.1. The Hall–Kier alpha value is -2.90. The number of halogens is 2. The minimum atomic E-state index is -0.541. The van der Waals surface area contributed by atoms with E-state index in [1.54, 1.807) is 6.92 Å². The number of hydrogen-bond acceptors (Lipinski definition) is 4. The van der Waals surface area contributed by atoms with Gasteiger partial charge in [-0.25, -0.2) is 23.7 Å². The fraction of sp³-hybridized carbons (Fsp3) is 0.368. The normalized spacial score (nSPS) is 9.89. The molecule has 0 saturated heterocycles. The van der Waals surface area contributed by atoms with Gasteiger partial charge in [0, 0.05) is 6.42 Å². The minimum Gasteiger partial charge on any atom is -0.390 e. The van der Waals surface area contributed by atoms with Crippen LogP contribution in [0.4, 0.5) is 14.6 Å². The second kappa shape index (κ2) is 12.5. The van der Waals surface area contributed by atoms with Crippen LogP contribution < -0.4 is 11.5 Å². The van der Waals surface area contributed by atoms with Crippen molar-refractivity contribution >= 4 is 18.0 Å². The van der Waals surface area contributed by atoms with E-state index in [-0.39, 0.29) is 35.0 Å². The molecule has 0 bridgehead atoms. The van der Waals surface area contributed by atoms with Crippen LogP contribution in [0.3, 0.4) is 0 Å². The van der Waals surface area contributed by atoms with Crippen molar-refractivity contribution in [1.82, 2.24) is 9.97 Å². The predicted octanol–water partition coefficient (Wildman–Crippen LogP) is 3.86. The van der Waals surface area contributed by atoms with Gasteiger partial charge in [-0.15, -0.1) is 0 Å². The van der Waals surface area contributed by atoms with Crippen molar-refractivity contribution in [1.29, 1.82) is 5.41 Å². The molecule has 6 nitrogen and oxygen atoms in total. The summed E-state index contributed by atoms with van der Waals surface area (Å²) in [6, 6.07) is 2.30. The summed E-state index contributed by atoms with van der Waals surface area (Å²) in [6.07, 6.45) is 2.64. The van der Waals surface area contributed by atoms with E-state index in [2.05, 4.69) is 15.0 Å². The lowest BCUT2D eigenvalue weighted by molar-refractivity contribution is 0.576. The van der Waals surface area contributed by atoms with E-state index in [4.69, 9.17) is 16.9 Å². The first-order valence-electron chi connectivity index (χ1n) is 8.87. The molecule has 2 rings (SSSR count). The smallest absolute Gasteiger partial charge is 0.175 e. The summed E-state index contributed by atoms with van der Waals surface area (Å²) < 4.78 is 28.0. The van der Waals surface area contributed by atoms with E-state index in [0.29, 0.717) is 12.0 Å². The SMILES string of the molecule is CC.CC.CCc1cc(F)c(Cc2nc(C(=N)N)cnc2N=CN)cc1F. The zero-order valence-electron chi connectivity index (χ0n) is 16.5. The Kier molecular flexibility index (Phi) is 11.1. The van der Waals surface area contributed by atoms with Crippen LogP contribution in [0.1, 0.15) is 57.1 Å². The van der Waals surface area contributed by atoms with Crippen LogP contribution in [0, 0.1) is 17.0 Å². The molecule has 1 aromatic heterocycles. The molecule has 0 saturated carbocycles. The van der Waals surface area contributed by atoms with Crippen molar-refractivity contribution in [2.75, 3.05) is 0 Å². The van der Waals surface area contributed by atoms with Gasteiger partial charge in [-0.05, 0) is 29.7 Å². The van der Waals surface area contributed by atoms with Gasteiger partial charge in [0.25, 0.3) is 0 Å². The van der Waals surface area contributed by atoms with Crippen molar-refractivity contribution < 1.29 is 8.78 Å². The molecule has 2 aromatic rings. The Labute approximate surface area is 159 Å². The zero-order valence-corrected chi connectivity index (χ0v) is 16.5.